The van der Waals surface area contributed by atoms with Crippen LogP contribution in [0.25, 0.3) is 0 Å². The number of nitrogens with zero attached hydrogens (tertiary/aromatic N) is 1. The van der Waals surface area contributed by atoms with Gasteiger partial charge in [-0.1, -0.05) is 6.92 Å². The van der Waals surface area contributed by atoms with Crippen molar-refractivity contribution in [3.63, 3.8) is 0 Å². The molecule has 17 heavy (non-hydrogen) atoms. The zero-order valence-electron chi connectivity index (χ0n) is 11.7. The Labute approximate surface area is 104 Å². The largest absolute Gasteiger partial charge is 0.493 e. The molecule has 0 aromatic heterocycles. The highest BCUT2D eigenvalue weighted by Crippen LogP contribution is 2.34. The molecule has 0 saturated heterocycles. The van der Waals surface area contributed by atoms with Crippen LogP contribution >= 0.6 is 0 Å². The van der Waals surface area contributed by atoms with Gasteiger partial charge < -0.3 is 9.47 Å². The van der Waals surface area contributed by atoms with Gasteiger partial charge in [0.05, 0.1) is 14.2 Å². The molecule has 3 heteroatoms. The van der Waals surface area contributed by atoms with Gasteiger partial charge in [0.1, 0.15) is 0 Å². The van der Waals surface area contributed by atoms with E-state index in [1.54, 1.807) is 14.2 Å². The maximum atomic E-state index is 5.35. The average molecular weight is 237 g/mol. The molecule has 0 spiro atoms. The highest BCUT2D eigenvalue weighted by atomic mass is 16.5. The normalized spacial score (nSPS) is 12.6. The van der Waals surface area contributed by atoms with E-state index in [2.05, 4.69) is 38.8 Å². The predicted octanol–water partition coefficient (Wildman–Crippen LogP) is 3.02. The van der Waals surface area contributed by atoms with Crippen molar-refractivity contribution in [1.82, 2.24) is 4.90 Å². The van der Waals surface area contributed by atoms with E-state index in [0.717, 1.165) is 18.0 Å². The van der Waals surface area contributed by atoms with E-state index in [-0.39, 0.29) is 0 Å². The number of hydrogen-bond donors (Lipinski definition) is 0. The monoisotopic (exact) mass is 237 g/mol. The maximum absolute atomic E-state index is 5.35. The van der Waals surface area contributed by atoms with Gasteiger partial charge in [-0.3, -0.25) is 4.90 Å². The van der Waals surface area contributed by atoms with Crippen molar-refractivity contribution < 1.29 is 9.47 Å². The number of benzene rings is 1. The van der Waals surface area contributed by atoms with Crippen molar-refractivity contribution in [2.24, 2.45) is 0 Å². The molecule has 0 saturated carbocycles. The number of methoxy groups -OCH3 is 2. The van der Waals surface area contributed by atoms with Gasteiger partial charge in [0.25, 0.3) is 0 Å². The first-order valence-electron chi connectivity index (χ1n) is 5.97. The summed E-state index contributed by atoms with van der Waals surface area (Å²) in [4.78, 5) is 2.30. The van der Waals surface area contributed by atoms with Gasteiger partial charge in [0.15, 0.2) is 11.5 Å². The summed E-state index contributed by atoms with van der Waals surface area (Å²) in [7, 11) is 5.46. The lowest BCUT2D eigenvalue weighted by Crippen LogP contribution is -2.22. The fourth-order valence-corrected chi connectivity index (χ4v) is 1.96. The molecule has 0 aliphatic rings. The molecule has 0 N–H and O–H groups in total. The minimum atomic E-state index is 0.375. The third-order valence-electron chi connectivity index (χ3n) is 3.38. The highest BCUT2D eigenvalue weighted by Gasteiger charge is 2.16. The third-order valence-corrected chi connectivity index (χ3v) is 3.38. The molecule has 0 fully saturated rings. The average Bonchev–Trinajstić information content (AvgIpc) is 2.36. The lowest BCUT2D eigenvalue weighted by molar-refractivity contribution is 0.273. The van der Waals surface area contributed by atoms with Crippen molar-refractivity contribution in [2.75, 3.05) is 27.8 Å². The van der Waals surface area contributed by atoms with E-state index in [0.29, 0.717) is 6.04 Å². The molecule has 0 bridgehead atoms. The first-order valence-corrected chi connectivity index (χ1v) is 5.97. The van der Waals surface area contributed by atoms with Crippen molar-refractivity contribution in [2.45, 2.75) is 26.8 Å². The lowest BCUT2D eigenvalue weighted by atomic mass is 10.0. The molecular formula is C14H23NO2. The second-order valence-electron chi connectivity index (χ2n) is 4.31. The van der Waals surface area contributed by atoms with E-state index in [4.69, 9.17) is 9.47 Å². The Morgan fingerprint density at radius 1 is 1.18 bits per heavy atom. The predicted molar refractivity (Wildman–Crippen MR) is 71.0 cm³/mol. The van der Waals surface area contributed by atoms with Gasteiger partial charge in [0, 0.05) is 6.04 Å². The summed E-state index contributed by atoms with van der Waals surface area (Å²) in [6.07, 6.45) is 0. The zero-order chi connectivity index (χ0) is 13.0. The first kappa shape index (κ1) is 13.8. The van der Waals surface area contributed by atoms with Crippen LogP contribution in [-0.2, 0) is 0 Å². The summed E-state index contributed by atoms with van der Waals surface area (Å²) < 4.78 is 10.7. The minimum absolute atomic E-state index is 0.375. The zero-order valence-corrected chi connectivity index (χ0v) is 11.7. The van der Waals surface area contributed by atoms with Gasteiger partial charge in [-0.2, -0.15) is 0 Å². The molecule has 1 atom stereocenters. The second kappa shape index (κ2) is 5.92. The summed E-state index contributed by atoms with van der Waals surface area (Å²) in [5.41, 5.74) is 2.52. The van der Waals surface area contributed by atoms with Crippen LogP contribution in [0.2, 0.25) is 0 Å². The SMILES string of the molecule is CCN(C)[C@H](C)c1cc(OC)c(OC)cc1C. The van der Waals surface area contributed by atoms with E-state index in [1.807, 2.05) is 6.07 Å². The maximum Gasteiger partial charge on any atom is 0.161 e. The highest BCUT2D eigenvalue weighted by molar-refractivity contribution is 5.47. The molecule has 1 rings (SSSR count). The summed E-state index contributed by atoms with van der Waals surface area (Å²) in [5.74, 6) is 1.59. The van der Waals surface area contributed by atoms with Gasteiger partial charge in [0.2, 0.25) is 0 Å². The van der Waals surface area contributed by atoms with E-state index in [1.165, 1.54) is 11.1 Å². The molecule has 0 unspecified atom stereocenters. The third kappa shape index (κ3) is 2.91. The van der Waals surface area contributed by atoms with Crippen LogP contribution < -0.4 is 9.47 Å². The van der Waals surface area contributed by atoms with Crippen molar-refractivity contribution in [3.8, 4) is 11.5 Å². The molecule has 96 valence electrons. The lowest BCUT2D eigenvalue weighted by Gasteiger charge is -2.25. The van der Waals surface area contributed by atoms with Gasteiger partial charge in [-0.05, 0) is 50.7 Å². The Hall–Kier alpha value is -1.22. The molecule has 0 radical (unpaired) electrons. The number of hydrogen-bond acceptors (Lipinski definition) is 3. The first-order chi connectivity index (χ1) is 8.04. The molecule has 0 amide bonds. The van der Waals surface area contributed by atoms with Crippen molar-refractivity contribution in [3.05, 3.63) is 23.3 Å². The molecule has 0 aliphatic carbocycles. The number of rotatable bonds is 5. The van der Waals surface area contributed by atoms with Crippen LogP contribution in [0.15, 0.2) is 12.1 Å². The summed E-state index contributed by atoms with van der Waals surface area (Å²) in [5, 5.41) is 0. The second-order valence-corrected chi connectivity index (χ2v) is 4.31. The Morgan fingerprint density at radius 2 is 1.71 bits per heavy atom. The standard InChI is InChI=1S/C14H23NO2/c1-7-15(4)11(3)12-9-14(17-6)13(16-5)8-10(12)2/h8-9,11H,7H2,1-6H3/t11-/m1/s1. The van der Waals surface area contributed by atoms with Gasteiger partial charge in [-0.15, -0.1) is 0 Å². The smallest absolute Gasteiger partial charge is 0.161 e. The van der Waals surface area contributed by atoms with Gasteiger partial charge >= 0.3 is 0 Å². The summed E-state index contributed by atoms with van der Waals surface area (Å²) >= 11 is 0. The van der Waals surface area contributed by atoms with E-state index < -0.39 is 0 Å². The quantitative estimate of drug-likeness (QED) is 0.785. The molecule has 1 aromatic carbocycles. The fraction of sp³-hybridized carbons (Fsp3) is 0.571. The fourth-order valence-electron chi connectivity index (χ4n) is 1.96. The molecule has 1 aromatic rings. The van der Waals surface area contributed by atoms with Crippen LogP contribution in [0.4, 0.5) is 0 Å². The van der Waals surface area contributed by atoms with Crippen LogP contribution in [0.1, 0.15) is 31.0 Å². The van der Waals surface area contributed by atoms with Crippen molar-refractivity contribution >= 4 is 0 Å². The number of ether oxygens (including phenoxy) is 2. The Morgan fingerprint density at radius 3 is 2.18 bits per heavy atom. The Bertz CT molecular complexity index is 377. The molecule has 3 nitrogen and oxygen atoms in total. The van der Waals surface area contributed by atoms with Crippen LogP contribution in [0.3, 0.4) is 0 Å². The van der Waals surface area contributed by atoms with Crippen LogP contribution in [0.5, 0.6) is 11.5 Å². The van der Waals surface area contributed by atoms with Gasteiger partial charge in [-0.25, -0.2) is 0 Å². The Kier molecular flexibility index (Phi) is 4.82. The van der Waals surface area contributed by atoms with Crippen molar-refractivity contribution in [1.29, 1.82) is 0 Å². The van der Waals surface area contributed by atoms with Crippen LogP contribution in [-0.4, -0.2) is 32.7 Å². The minimum Gasteiger partial charge on any atom is -0.493 e. The molecule has 0 aliphatic heterocycles. The van der Waals surface area contributed by atoms with E-state index >= 15 is 0 Å². The summed E-state index contributed by atoms with van der Waals surface area (Å²) in [6, 6.07) is 4.49. The Balaban J connectivity index is 3.16. The number of aryl methyl sites for hydroxylation is 1. The van der Waals surface area contributed by atoms with E-state index in [9.17, 15) is 0 Å². The summed E-state index contributed by atoms with van der Waals surface area (Å²) in [6.45, 7) is 7.50. The molecule has 0 heterocycles. The van der Waals surface area contributed by atoms with Crippen LogP contribution in [0, 0.1) is 6.92 Å². The topological polar surface area (TPSA) is 21.7 Å². The molecular weight excluding hydrogens is 214 g/mol.